The number of carbonyl (C=O) groups is 1. The third-order valence-electron chi connectivity index (χ3n) is 1.82. The number of phenolic OH excluding ortho intramolecular Hbond substituents is 2. The van der Waals surface area contributed by atoms with Crippen molar-refractivity contribution in [1.82, 2.24) is 0 Å². The van der Waals surface area contributed by atoms with Crippen molar-refractivity contribution in [2.75, 3.05) is 0 Å². The second-order valence-electron chi connectivity index (χ2n) is 2.90. The van der Waals surface area contributed by atoms with Crippen LogP contribution in [-0.4, -0.2) is 16.0 Å². The van der Waals surface area contributed by atoms with E-state index in [1.54, 1.807) is 12.2 Å². The van der Waals surface area contributed by atoms with E-state index in [4.69, 9.17) is 5.11 Å². The number of carbonyl (C=O) groups excluding carboxylic acids is 1. The molecule has 0 saturated heterocycles. The Balaban J connectivity index is 2.90. The van der Waals surface area contributed by atoms with E-state index in [0.29, 0.717) is 0 Å². The Bertz CT molecular complexity index is 367. The molecule has 3 heteroatoms. The minimum Gasteiger partial charge on any atom is -0.508 e. The highest BCUT2D eigenvalue weighted by molar-refractivity contribution is 5.99. The van der Waals surface area contributed by atoms with Crippen LogP contribution in [0.2, 0.25) is 0 Å². The van der Waals surface area contributed by atoms with E-state index in [-0.39, 0.29) is 29.3 Å². The van der Waals surface area contributed by atoms with Gasteiger partial charge in [0.15, 0.2) is 5.78 Å². The molecule has 3 nitrogen and oxygen atoms in total. The Kier molecular flexibility index (Phi) is 3.29. The molecule has 0 unspecified atom stereocenters. The predicted octanol–water partition coefficient (Wildman–Crippen LogP) is 2.25. The van der Waals surface area contributed by atoms with Gasteiger partial charge in [-0.3, -0.25) is 4.79 Å². The third-order valence-corrected chi connectivity index (χ3v) is 1.82. The van der Waals surface area contributed by atoms with Crippen molar-refractivity contribution in [2.24, 2.45) is 0 Å². The van der Waals surface area contributed by atoms with Crippen molar-refractivity contribution in [3.05, 3.63) is 35.9 Å². The SMILES string of the molecule is C/C=C\CC(=O)c1ccc(O)cc1O. The number of aromatic hydroxyl groups is 2. The maximum Gasteiger partial charge on any atom is 0.170 e. The van der Waals surface area contributed by atoms with Gasteiger partial charge in [0.1, 0.15) is 11.5 Å². The molecule has 0 heterocycles. The van der Waals surface area contributed by atoms with Crippen LogP contribution in [0.4, 0.5) is 0 Å². The molecular weight excluding hydrogens is 180 g/mol. The monoisotopic (exact) mass is 192 g/mol. The summed E-state index contributed by atoms with van der Waals surface area (Å²) in [7, 11) is 0. The molecule has 1 aromatic rings. The Hall–Kier alpha value is -1.77. The standard InChI is InChI=1S/C11H12O3/c1-2-3-4-10(13)9-6-5-8(12)7-11(9)14/h2-3,5-7,12,14H,4H2,1H3/b3-2-. The Morgan fingerprint density at radius 1 is 1.43 bits per heavy atom. The Labute approximate surface area is 82.3 Å². The summed E-state index contributed by atoms with van der Waals surface area (Å²) < 4.78 is 0. The lowest BCUT2D eigenvalue weighted by atomic mass is 10.1. The normalized spacial score (nSPS) is 10.6. The average Bonchev–Trinajstić information content (AvgIpc) is 2.14. The Morgan fingerprint density at radius 2 is 2.14 bits per heavy atom. The zero-order valence-corrected chi connectivity index (χ0v) is 7.90. The van der Waals surface area contributed by atoms with Crippen molar-refractivity contribution >= 4 is 5.78 Å². The maximum absolute atomic E-state index is 11.4. The lowest BCUT2D eigenvalue weighted by Crippen LogP contribution is -1.97. The van der Waals surface area contributed by atoms with Gasteiger partial charge in [0.05, 0.1) is 5.56 Å². The molecule has 0 saturated carbocycles. The highest BCUT2D eigenvalue weighted by atomic mass is 16.3. The zero-order valence-electron chi connectivity index (χ0n) is 7.90. The molecule has 0 aliphatic rings. The molecule has 0 spiro atoms. The molecule has 0 bridgehead atoms. The van der Waals surface area contributed by atoms with Crippen LogP contribution in [0.1, 0.15) is 23.7 Å². The first-order chi connectivity index (χ1) is 6.65. The van der Waals surface area contributed by atoms with E-state index in [1.807, 2.05) is 6.92 Å². The number of benzene rings is 1. The molecule has 1 aromatic carbocycles. The molecule has 0 radical (unpaired) electrons. The van der Waals surface area contributed by atoms with Gasteiger partial charge in [0, 0.05) is 12.5 Å². The maximum atomic E-state index is 11.4. The van der Waals surface area contributed by atoms with Gasteiger partial charge in [-0.1, -0.05) is 12.2 Å². The van der Waals surface area contributed by atoms with Crippen LogP contribution in [0.3, 0.4) is 0 Å². The van der Waals surface area contributed by atoms with E-state index >= 15 is 0 Å². The second kappa shape index (κ2) is 4.46. The van der Waals surface area contributed by atoms with Crippen molar-refractivity contribution < 1.29 is 15.0 Å². The predicted molar refractivity (Wildman–Crippen MR) is 53.5 cm³/mol. The molecule has 14 heavy (non-hydrogen) atoms. The summed E-state index contributed by atoms with van der Waals surface area (Å²) >= 11 is 0. The largest absolute Gasteiger partial charge is 0.508 e. The number of Topliss-reactive ketones (excluding diaryl/α,β-unsaturated/α-hetero) is 1. The number of hydrogen-bond acceptors (Lipinski definition) is 3. The minimum absolute atomic E-state index is 0.0508. The van der Waals surface area contributed by atoms with Crippen LogP contribution in [0.15, 0.2) is 30.4 Å². The average molecular weight is 192 g/mol. The fraction of sp³-hybridized carbons (Fsp3) is 0.182. The summed E-state index contributed by atoms with van der Waals surface area (Å²) in [6.07, 6.45) is 3.75. The summed E-state index contributed by atoms with van der Waals surface area (Å²) in [6.45, 7) is 1.82. The van der Waals surface area contributed by atoms with E-state index in [9.17, 15) is 9.90 Å². The highest BCUT2D eigenvalue weighted by Crippen LogP contribution is 2.23. The topological polar surface area (TPSA) is 57.5 Å². The summed E-state index contributed by atoms with van der Waals surface area (Å²) in [5.74, 6) is -0.398. The van der Waals surface area contributed by atoms with Gasteiger partial charge < -0.3 is 10.2 Å². The van der Waals surface area contributed by atoms with Crippen LogP contribution in [0.5, 0.6) is 11.5 Å². The van der Waals surface area contributed by atoms with Gasteiger partial charge in [0.25, 0.3) is 0 Å². The fourth-order valence-electron chi connectivity index (χ4n) is 1.09. The first-order valence-corrected chi connectivity index (χ1v) is 4.31. The first-order valence-electron chi connectivity index (χ1n) is 4.31. The number of allylic oxidation sites excluding steroid dienone is 2. The molecule has 2 N–H and O–H groups in total. The lowest BCUT2D eigenvalue weighted by molar-refractivity contribution is 0.0993. The van der Waals surface area contributed by atoms with Crippen LogP contribution < -0.4 is 0 Å². The van der Waals surface area contributed by atoms with Crippen molar-refractivity contribution in [3.8, 4) is 11.5 Å². The van der Waals surface area contributed by atoms with Gasteiger partial charge in [-0.05, 0) is 19.1 Å². The van der Waals surface area contributed by atoms with E-state index in [1.165, 1.54) is 12.1 Å². The quantitative estimate of drug-likeness (QED) is 0.570. The van der Waals surface area contributed by atoms with Crippen molar-refractivity contribution in [3.63, 3.8) is 0 Å². The van der Waals surface area contributed by atoms with E-state index in [2.05, 4.69) is 0 Å². The number of ketones is 1. The molecule has 0 aliphatic carbocycles. The molecular formula is C11H12O3. The molecule has 0 amide bonds. The Morgan fingerprint density at radius 3 is 2.71 bits per heavy atom. The molecule has 0 aromatic heterocycles. The summed E-state index contributed by atoms with van der Waals surface area (Å²) in [5, 5.41) is 18.4. The van der Waals surface area contributed by atoms with E-state index in [0.717, 1.165) is 6.07 Å². The van der Waals surface area contributed by atoms with Crippen molar-refractivity contribution in [1.29, 1.82) is 0 Å². The van der Waals surface area contributed by atoms with Gasteiger partial charge in [-0.15, -0.1) is 0 Å². The second-order valence-corrected chi connectivity index (χ2v) is 2.90. The van der Waals surface area contributed by atoms with Crippen molar-refractivity contribution in [2.45, 2.75) is 13.3 Å². The highest BCUT2D eigenvalue weighted by Gasteiger charge is 2.09. The number of rotatable bonds is 3. The van der Waals surface area contributed by atoms with Crippen LogP contribution in [0.25, 0.3) is 0 Å². The summed E-state index contributed by atoms with van der Waals surface area (Å²) in [4.78, 5) is 11.4. The molecule has 0 aliphatic heterocycles. The van der Waals surface area contributed by atoms with Gasteiger partial charge in [-0.2, -0.15) is 0 Å². The van der Waals surface area contributed by atoms with Gasteiger partial charge in [0.2, 0.25) is 0 Å². The summed E-state index contributed by atoms with van der Waals surface area (Å²) in [6, 6.07) is 3.95. The number of phenols is 2. The zero-order chi connectivity index (χ0) is 10.6. The minimum atomic E-state index is -0.181. The van der Waals surface area contributed by atoms with E-state index < -0.39 is 0 Å². The van der Waals surface area contributed by atoms with Crippen LogP contribution in [-0.2, 0) is 0 Å². The van der Waals surface area contributed by atoms with Crippen LogP contribution >= 0.6 is 0 Å². The lowest BCUT2D eigenvalue weighted by Gasteiger charge is -2.01. The molecule has 1 rings (SSSR count). The fourth-order valence-corrected chi connectivity index (χ4v) is 1.09. The third kappa shape index (κ3) is 2.36. The molecule has 0 fully saturated rings. The molecule has 74 valence electrons. The van der Waals surface area contributed by atoms with Crippen LogP contribution in [0, 0.1) is 0 Å². The smallest absolute Gasteiger partial charge is 0.170 e. The first kappa shape index (κ1) is 10.3. The molecule has 0 atom stereocenters. The van der Waals surface area contributed by atoms with Gasteiger partial charge >= 0.3 is 0 Å². The summed E-state index contributed by atoms with van der Waals surface area (Å²) in [5.41, 5.74) is 0.237. The number of hydrogen-bond donors (Lipinski definition) is 2. The van der Waals surface area contributed by atoms with Gasteiger partial charge in [-0.25, -0.2) is 0 Å².